The zero-order chi connectivity index (χ0) is 17.8. The lowest BCUT2D eigenvalue weighted by Gasteiger charge is -2.29. The summed E-state index contributed by atoms with van der Waals surface area (Å²) in [6.07, 6.45) is 4.75. The quantitative estimate of drug-likeness (QED) is 0.831. The Morgan fingerprint density at radius 1 is 1.32 bits per heavy atom. The zero-order valence-electron chi connectivity index (χ0n) is 15.0. The van der Waals surface area contributed by atoms with Crippen molar-refractivity contribution in [2.24, 2.45) is 5.92 Å². The van der Waals surface area contributed by atoms with Crippen molar-refractivity contribution in [3.63, 3.8) is 0 Å². The van der Waals surface area contributed by atoms with E-state index in [1.54, 1.807) is 4.68 Å². The maximum absolute atomic E-state index is 12.3. The molecule has 6 nitrogen and oxygen atoms in total. The summed E-state index contributed by atoms with van der Waals surface area (Å²) in [5.74, 6) is 0.941. The molecule has 1 amide bonds. The number of thioether (sulfide) groups is 1. The van der Waals surface area contributed by atoms with Gasteiger partial charge in [0.2, 0.25) is 11.1 Å². The average molecular weight is 359 g/mol. The SMILES string of the molecule is Cc1ccc(-n2nnnc2SCC(=O)N[C@H]2CCCC[C@H]2C)c(C)c1. The predicted molar refractivity (Wildman–Crippen MR) is 98.9 cm³/mol. The molecule has 0 saturated heterocycles. The van der Waals surface area contributed by atoms with Crippen LogP contribution in [0.15, 0.2) is 23.4 Å². The molecular weight excluding hydrogens is 334 g/mol. The van der Waals surface area contributed by atoms with Gasteiger partial charge in [0.1, 0.15) is 0 Å². The van der Waals surface area contributed by atoms with Gasteiger partial charge in [-0.05, 0) is 54.7 Å². The van der Waals surface area contributed by atoms with Crippen molar-refractivity contribution in [3.8, 4) is 5.69 Å². The molecule has 0 unspecified atom stereocenters. The molecular formula is C18H25N5OS. The second-order valence-electron chi connectivity index (χ2n) is 6.89. The lowest BCUT2D eigenvalue weighted by molar-refractivity contribution is -0.119. The molecule has 2 atom stereocenters. The van der Waals surface area contributed by atoms with Crippen LogP contribution < -0.4 is 5.32 Å². The van der Waals surface area contributed by atoms with Crippen LogP contribution in [-0.4, -0.2) is 37.9 Å². The molecule has 0 spiro atoms. The zero-order valence-corrected chi connectivity index (χ0v) is 15.8. The maximum Gasteiger partial charge on any atom is 0.230 e. The number of hydrogen-bond acceptors (Lipinski definition) is 5. The van der Waals surface area contributed by atoms with E-state index >= 15 is 0 Å². The molecule has 3 rings (SSSR count). The first kappa shape index (κ1) is 17.9. The minimum absolute atomic E-state index is 0.0546. The minimum Gasteiger partial charge on any atom is -0.352 e. The molecule has 1 aromatic heterocycles. The number of nitrogens with one attached hydrogen (secondary N) is 1. The Labute approximate surface area is 152 Å². The number of aryl methyl sites for hydroxylation is 2. The van der Waals surface area contributed by atoms with Gasteiger partial charge in [0.25, 0.3) is 0 Å². The number of amides is 1. The van der Waals surface area contributed by atoms with Gasteiger partial charge in [-0.1, -0.05) is 49.2 Å². The molecule has 25 heavy (non-hydrogen) atoms. The van der Waals surface area contributed by atoms with Crippen LogP contribution in [0.3, 0.4) is 0 Å². The number of aromatic nitrogens is 4. The topological polar surface area (TPSA) is 72.7 Å². The highest BCUT2D eigenvalue weighted by Crippen LogP contribution is 2.24. The molecule has 0 aliphatic heterocycles. The molecule has 1 aliphatic rings. The molecule has 134 valence electrons. The number of nitrogens with zero attached hydrogens (tertiary/aromatic N) is 4. The van der Waals surface area contributed by atoms with E-state index in [2.05, 4.69) is 40.8 Å². The van der Waals surface area contributed by atoms with Crippen LogP contribution in [0.1, 0.15) is 43.7 Å². The predicted octanol–water partition coefficient (Wildman–Crippen LogP) is 3.07. The van der Waals surface area contributed by atoms with E-state index in [1.807, 2.05) is 19.1 Å². The Bertz CT molecular complexity index is 745. The molecule has 1 N–H and O–H groups in total. The summed E-state index contributed by atoms with van der Waals surface area (Å²) in [5, 5.41) is 15.7. The molecule has 1 fully saturated rings. The number of carbonyl (C=O) groups excluding carboxylic acids is 1. The first-order valence-corrected chi connectivity index (χ1v) is 9.81. The standard InChI is InChI=1S/C18H25N5OS/c1-12-8-9-16(14(3)10-12)23-18(20-21-22-23)25-11-17(24)19-15-7-5-4-6-13(15)2/h8-10,13,15H,4-7,11H2,1-3H3,(H,19,24)/t13-,15+/m1/s1. The Hall–Kier alpha value is -1.89. The van der Waals surface area contributed by atoms with E-state index in [0.717, 1.165) is 17.7 Å². The summed E-state index contributed by atoms with van der Waals surface area (Å²) in [6, 6.07) is 6.45. The fraction of sp³-hybridized carbons (Fsp3) is 0.556. The first-order chi connectivity index (χ1) is 12.0. The Morgan fingerprint density at radius 2 is 2.12 bits per heavy atom. The molecule has 1 saturated carbocycles. The smallest absolute Gasteiger partial charge is 0.230 e. The molecule has 0 radical (unpaired) electrons. The third-order valence-electron chi connectivity index (χ3n) is 4.81. The van der Waals surface area contributed by atoms with Crippen molar-refractivity contribution in [2.45, 2.75) is 57.7 Å². The van der Waals surface area contributed by atoms with Gasteiger partial charge >= 0.3 is 0 Å². The number of hydrogen-bond donors (Lipinski definition) is 1. The largest absolute Gasteiger partial charge is 0.352 e. The number of rotatable bonds is 5. The van der Waals surface area contributed by atoms with Crippen molar-refractivity contribution >= 4 is 17.7 Å². The van der Waals surface area contributed by atoms with E-state index in [4.69, 9.17) is 0 Å². The number of tetrazole rings is 1. The van der Waals surface area contributed by atoms with Gasteiger partial charge in [-0.3, -0.25) is 4.79 Å². The molecule has 1 aromatic carbocycles. The van der Waals surface area contributed by atoms with Gasteiger partial charge in [0, 0.05) is 6.04 Å². The normalized spacial score (nSPS) is 20.4. The van der Waals surface area contributed by atoms with Gasteiger partial charge in [-0.25, -0.2) is 0 Å². The molecule has 2 aromatic rings. The van der Waals surface area contributed by atoms with Gasteiger partial charge < -0.3 is 5.32 Å². The minimum atomic E-state index is 0.0546. The third-order valence-corrected chi connectivity index (χ3v) is 5.73. The summed E-state index contributed by atoms with van der Waals surface area (Å²) in [7, 11) is 0. The van der Waals surface area contributed by atoms with E-state index in [9.17, 15) is 4.79 Å². The highest BCUT2D eigenvalue weighted by atomic mass is 32.2. The van der Waals surface area contributed by atoms with Crippen LogP contribution in [-0.2, 0) is 4.79 Å². The third kappa shape index (κ3) is 4.39. The van der Waals surface area contributed by atoms with Gasteiger partial charge in [-0.15, -0.1) is 5.10 Å². The fourth-order valence-electron chi connectivity index (χ4n) is 3.37. The Balaban J connectivity index is 1.62. The Kier molecular flexibility index (Phi) is 5.73. The summed E-state index contributed by atoms with van der Waals surface area (Å²) in [6.45, 7) is 6.32. The van der Waals surface area contributed by atoms with Gasteiger partial charge in [0.15, 0.2) is 0 Å². The van der Waals surface area contributed by atoms with Gasteiger partial charge in [-0.2, -0.15) is 4.68 Å². The number of carbonyl (C=O) groups is 1. The average Bonchev–Trinajstić information content (AvgIpc) is 3.03. The van der Waals surface area contributed by atoms with Crippen molar-refractivity contribution in [2.75, 3.05) is 5.75 Å². The lowest BCUT2D eigenvalue weighted by Crippen LogP contribution is -2.41. The maximum atomic E-state index is 12.3. The summed E-state index contributed by atoms with van der Waals surface area (Å²) >= 11 is 1.37. The van der Waals surface area contributed by atoms with Crippen molar-refractivity contribution in [1.82, 2.24) is 25.5 Å². The second-order valence-corrected chi connectivity index (χ2v) is 7.83. The van der Waals surface area contributed by atoms with Crippen molar-refractivity contribution < 1.29 is 4.79 Å². The van der Waals surface area contributed by atoms with Gasteiger partial charge in [0.05, 0.1) is 11.4 Å². The lowest BCUT2D eigenvalue weighted by atomic mass is 9.86. The highest BCUT2D eigenvalue weighted by Gasteiger charge is 2.23. The van der Waals surface area contributed by atoms with Crippen LogP contribution in [0.5, 0.6) is 0 Å². The van der Waals surface area contributed by atoms with Crippen LogP contribution in [0.2, 0.25) is 0 Å². The Morgan fingerprint density at radius 3 is 2.88 bits per heavy atom. The van der Waals surface area contributed by atoms with Crippen molar-refractivity contribution in [1.29, 1.82) is 0 Å². The van der Waals surface area contributed by atoms with Crippen LogP contribution in [0, 0.1) is 19.8 Å². The summed E-state index contributed by atoms with van der Waals surface area (Å²) in [5.41, 5.74) is 3.25. The highest BCUT2D eigenvalue weighted by molar-refractivity contribution is 7.99. The van der Waals surface area contributed by atoms with Crippen LogP contribution >= 0.6 is 11.8 Å². The van der Waals surface area contributed by atoms with Crippen LogP contribution in [0.4, 0.5) is 0 Å². The second kappa shape index (κ2) is 7.99. The van der Waals surface area contributed by atoms with Crippen LogP contribution in [0.25, 0.3) is 5.69 Å². The van der Waals surface area contributed by atoms with E-state index in [-0.39, 0.29) is 5.91 Å². The molecule has 1 heterocycles. The fourth-order valence-corrected chi connectivity index (χ4v) is 4.07. The van der Waals surface area contributed by atoms with Crippen molar-refractivity contribution in [3.05, 3.63) is 29.3 Å². The monoisotopic (exact) mass is 359 g/mol. The molecule has 1 aliphatic carbocycles. The van der Waals surface area contributed by atoms with E-state index in [1.165, 1.54) is 36.6 Å². The summed E-state index contributed by atoms with van der Waals surface area (Å²) < 4.78 is 1.70. The van der Waals surface area contributed by atoms with E-state index in [0.29, 0.717) is 22.9 Å². The first-order valence-electron chi connectivity index (χ1n) is 8.83. The molecule has 0 bridgehead atoms. The summed E-state index contributed by atoms with van der Waals surface area (Å²) in [4.78, 5) is 12.3. The van der Waals surface area contributed by atoms with E-state index < -0.39 is 0 Å². The number of benzene rings is 1. The molecule has 7 heteroatoms.